The Morgan fingerprint density at radius 3 is 2.24 bits per heavy atom. The van der Waals surface area contributed by atoms with Crippen LogP contribution in [0.1, 0.15) is 120 Å². The molecule has 2 saturated carbocycles. The summed E-state index contributed by atoms with van der Waals surface area (Å²) >= 11 is 0. The Balaban J connectivity index is 1.73. The van der Waals surface area contributed by atoms with Crippen molar-refractivity contribution in [3.05, 3.63) is 11.6 Å². The maximum absolute atomic E-state index is 2.72. The number of hydrogen-bond acceptors (Lipinski definition) is 0. The van der Waals surface area contributed by atoms with E-state index >= 15 is 0 Å². The van der Waals surface area contributed by atoms with Crippen molar-refractivity contribution in [2.24, 2.45) is 52.3 Å². The molecule has 3 unspecified atom stereocenters. The zero-order valence-electron chi connectivity index (χ0n) is 21.2. The maximum atomic E-state index is 2.72. The predicted molar refractivity (Wildman–Crippen MR) is 129 cm³/mol. The number of rotatable bonds is 8. The van der Waals surface area contributed by atoms with Gasteiger partial charge in [0.25, 0.3) is 0 Å². The first kappa shape index (κ1) is 23.4. The molecule has 0 saturated heterocycles. The van der Waals surface area contributed by atoms with Crippen LogP contribution in [0.25, 0.3) is 0 Å². The highest BCUT2D eigenvalue weighted by molar-refractivity contribution is 5.21. The van der Waals surface area contributed by atoms with Crippen LogP contribution >= 0.6 is 0 Å². The molecule has 168 valence electrons. The van der Waals surface area contributed by atoms with E-state index in [9.17, 15) is 0 Å². The zero-order valence-corrected chi connectivity index (χ0v) is 21.2. The highest BCUT2D eigenvalue weighted by atomic mass is 14.6. The summed E-state index contributed by atoms with van der Waals surface area (Å²) in [7, 11) is 0. The van der Waals surface area contributed by atoms with Gasteiger partial charge in [0.2, 0.25) is 0 Å². The van der Waals surface area contributed by atoms with Crippen LogP contribution in [0.15, 0.2) is 11.6 Å². The van der Waals surface area contributed by atoms with Crippen LogP contribution < -0.4 is 0 Å². The topological polar surface area (TPSA) is 0 Å². The fraction of sp³-hybridized carbons (Fsp3) is 0.931. The molecule has 0 aliphatic heterocycles. The summed E-state index contributed by atoms with van der Waals surface area (Å²) in [6.45, 7) is 20.0. The largest absolute Gasteiger partial charge is 0.0848 e. The van der Waals surface area contributed by atoms with E-state index in [4.69, 9.17) is 0 Å². The minimum atomic E-state index is 0.468. The lowest BCUT2D eigenvalue weighted by Gasteiger charge is -2.57. The predicted octanol–water partition coefficient (Wildman–Crippen LogP) is 9.30. The SMILES string of the molecule is CC1=CC[C@H]2C3CCC([C@H](C)CCCC(C)C)[C@@]3(C)CCC2[C@@]1(C)CCC(C)C. The van der Waals surface area contributed by atoms with Crippen molar-refractivity contribution in [1.82, 2.24) is 0 Å². The standard InChI is InChI=1S/C29H52/c1-20(2)10-9-11-22(5)25-14-15-26-24-13-12-23(6)28(7,18-16-21(3)4)27(24)17-19-29(25,26)8/h12,20-22,24-27H,9-11,13-19H2,1-8H3/t22-,24+,25?,26?,27?,28+,29-/m1/s1. The summed E-state index contributed by atoms with van der Waals surface area (Å²) in [6.07, 6.45) is 17.2. The fourth-order valence-corrected chi connectivity index (χ4v) is 8.24. The monoisotopic (exact) mass is 400 g/mol. The van der Waals surface area contributed by atoms with E-state index < -0.39 is 0 Å². The molecule has 3 aliphatic rings. The zero-order chi connectivity index (χ0) is 21.4. The first-order chi connectivity index (χ1) is 13.6. The van der Waals surface area contributed by atoms with Crippen molar-refractivity contribution in [2.75, 3.05) is 0 Å². The van der Waals surface area contributed by atoms with Gasteiger partial charge in [0.1, 0.15) is 0 Å². The molecule has 0 aromatic carbocycles. The van der Waals surface area contributed by atoms with Crippen LogP contribution in [-0.4, -0.2) is 0 Å². The van der Waals surface area contributed by atoms with Crippen LogP contribution in [0.3, 0.4) is 0 Å². The van der Waals surface area contributed by atoms with Gasteiger partial charge in [-0.15, -0.1) is 0 Å². The Hall–Kier alpha value is -0.260. The number of hydrogen-bond donors (Lipinski definition) is 0. The van der Waals surface area contributed by atoms with Gasteiger partial charge in [0.05, 0.1) is 0 Å². The van der Waals surface area contributed by atoms with Gasteiger partial charge in [-0.3, -0.25) is 0 Å². The summed E-state index contributed by atoms with van der Waals surface area (Å²) in [4.78, 5) is 0. The molecule has 2 fully saturated rings. The maximum Gasteiger partial charge on any atom is -0.00880 e. The van der Waals surface area contributed by atoms with Gasteiger partial charge in [-0.05, 0) is 97.7 Å². The number of allylic oxidation sites excluding steroid dienone is 2. The lowest BCUT2D eigenvalue weighted by atomic mass is 9.48. The van der Waals surface area contributed by atoms with Gasteiger partial charge >= 0.3 is 0 Å². The molecule has 0 bridgehead atoms. The van der Waals surface area contributed by atoms with Gasteiger partial charge in [-0.2, -0.15) is 0 Å². The molecule has 3 aliphatic carbocycles. The minimum Gasteiger partial charge on any atom is -0.0848 e. The Morgan fingerprint density at radius 1 is 0.897 bits per heavy atom. The molecule has 0 heteroatoms. The van der Waals surface area contributed by atoms with E-state index in [0.29, 0.717) is 10.8 Å². The van der Waals surface area contributed by atoms with Crippen LogP contribution in [-0.2, 0) is 0 Å². The molecule has 3 rings (SSSR count). The minimum absolute atomic E-state index is 0.468. The molecule has 0 radical (unpaired) electrons. The van der Waals surface area contributed by atoms with Gasteiger partial charge in [0, 0.05) is 0 Å². The molecule has 0 heterocycles. The normalized spacial score (nSPS) is 40.7. The van der Waals surface area contributed by atoms with Gasteiger partial charge in [0.15, 0.2) is 0 Å². The van der Waals surface area contributed by atoms with Crippen LogP contribution in [0.2, 0.25) is 0 Å². The molecule has 0 N–H and O–H groups in total. The third-order valence-corrected chi connectivity index (χ3v) is 10.3. The average Bonchev–Trinajstić information content (AvgIpc) is 3.00. The van der Waals surface area contributed by atoms with Crippen molar-refractivity contribution in [3.63, 3.8) is 0 Å². The molecule has 0 spiro atoms. The number of fused-ring (bicyclic) bond motifs is 3. The Kier molecular flexibility index (Phi) is 7.33. The van der Waals surface area contributed by atoms with Crippen molar-refractivity contribution in [3.8, 4) is 0 Å². The average molecular weight is 401 g/mol. The van der Waals surface area contributed by atoms with Gasteiger partial charge < -0.3 is 0 Å². The molecular weight excluding hydrogens is 348 g/mol. The van der Waals surface area contributed by atoms with E-state index in [-0.39, 0.29) is 0 Å². The van der Waals surface area contributed by atoms with Crippen LogP contribution in [0.5, 0.6) is 0 Å². The lowest BCUT2D eigenvalue weighted by Crippen LogP contribution is -2.49. The van der Waals surface area contributed by atoms with Crippen LogP contribution in [0, 0.1) is 52.3 Å². The van der Waals surface area contributed by atoms with Crippen molar-refractivity contribution in [2.45, 2.75) is 120 Å². The summed E-state index contributed by atoms with van der Waals surface area (Å²) < 4.78 is 0. The summed E-state index contributed by atoms with van der Waals surface area (Å²) in [5, 5.41) is 0. The first-order valence-corrected chi connectivity index (χ1v) is 13.3. The smallest absolute Gasteiger partial charge is 0.00880 e. The van der Waals surface area contributed by atoms with Crippen molar-refractivity contribution < 1.29 is 0 Å². The highest BCUT2D eigenvalue weighted by Crippen LogP contribution is 2.66. The van der Waals surface area contributed by atoms with E-state index in [0.717, 1.165) is 41.4 Å². The molecule has 0 aromatic heterocycles. The molecule has 7 atom stereocenters. The summed E-state index contributed by atoms with van der Waals surface area (Å²) in [5.74, 6) is 6.49. The molecule has 0 nitrogen and oxygen atoms in total. The Labute approximate surface area is 183 Å². The molecular formula is C29H52. The molecule has 0 amide bonds. The summed E-state index contributed by atoms with van der Waals surface area (Å²) in [6, 6.07) is 0. The molecule has 0 aromatic rings. The lowest BCUT2D eigenvalue weighted by molar-refractivity contribution is -0.0467. The Morgan fingerprint density at radius 2 is 1.59 bits per heavy atom. The second kappa shape index (κ2) is 9.08. The third-order valence-electron chi connectivity index (χ3n) is 10.3. The quantitative estimate of drug-likeness (QED) is 0.356. The first-order valence-electron chi connectivity index (χ1n) is 13.3. The third kappa shape index (κ3) is 4.52. The van der Waals surface area contributed by atoms with Gasteiger partial charge in [-0.25, -0.2) is 0 Å². The highest BCUT2D eigenvalue weighted by Gasteiger charge is 2.58. The van der Waals surface area contributed by atoms with Crippen LogP contribution in [0.4, 0.5) is 0 Å². The van der Waals surface area contributed by atoms with E-state index in [2.05, 4.69) is 61.5 Å². The Bertz CT molecular complexity index is 569. The van der Waals surface area contributed by atoms with E-state index in [1.54, 1.807) is 5.57 Å². The van der Waals surface area contributed by atoms with E-state index in [1.807, 2.05) is 0 Å². The van der Waals surface area contributed by atoms with Crippen molar-refractivity contribution >= 4 is 0 Å². The van der Waals surface area contributed by atoms with E-state index in [1.165, 1.54) is 64.2 Å². The second-order valence-corrected chi connectivity index (χ2v) is 12.9. The van der Waals surface area contributed by atoms with Crippen molar-refractivity contribution in [1.29, 1.82) is 0 Å². The summed E-state index contributed by atoms with van der Waals surface area (Å²) in [5.41, 5.74) is 2.81. The molecule has 29 heavy (non-hydrogen) atoms. The van der Waals surface area contributed by atoms with Gasteiger partial charge in [-0.1, -0.05) is 85.8 Å². The second-order valence-electron chi connectivity index (χ2n) is 12.9. The fourth-order valence-electron chi connectivity index (χ4n) is 8.24.